The van der Waals surface area contributed by atoms with Gasteiger partial charge in [0.2, 0.25) is 5.06 Å². The van der Waals surface area contributed by atoms with Crippen LogP contribution >= 0.6 is 11.3 Å². The van der Waals surface area contributed by atoms with E-state index in [-0.39, 0.29) is 10.8 Å². The van der Waals surface area contributed by atoms with Gasteiger partial charge in [-0.05, 0) is 43.7 Å². The summed E-state index contributed by atoms with van der Waals surface area (Å²) in [5.74, 6) is -0.785. The van der Waals surface area contributed by atoms with Crippen molar-refractivity contribution in [2.24, 2.45) is 0 Å². The first-order chi connectivity index (χ1) is 12.4. The number of aromatic carboxylic acids is 1. The van der Waals surface area contributed by atoms with Gasteiger partial charge in [-0.25, -0.2) is 4.79 Å². The molecule has 0 fully saturated rings. The number of carbonyl (C=O) groups is 2. The van der Waals surface area contributed by atoms with Crippen molar-refractivity contribution < 1.29 is 19.4 Å². The first-order valence-corrected chi connectivity index (χ1v) is 8.74. The number of ether oxygens (including phenoxy) is 1. The van der Waals surface area contributed by atoms with Crippen LogP contribution in [0, 0.1) is 13.8 Å². The monoisotopic (exact) mass is 367 g/mol. The lowest BCUT2D eigenvalue weighted by Crippen LogP contribution is -2.11. The molecule has 0 aliphatic heterocycles. The second-order valence-electron chi connectivity index (χ2n) is 5.80. The van der Waals surface area contributed by atoms with Gasteiger partial charge in [-0.3, -0.25) is 4.79 Å². The number of carboxylic acids is 1. The van der Waals surface area contributed by atoms with E-state index in [1.165, 1.54) is 6.07 Å². The Morgan fingerprint density at radius 1 is 1.04 bits per heavy atom. The number of hydrogen-bond donors (Lipinski definition) is 2. The number of aryl methyl sites for hydroxylation is 2. The van der Waals surface area contributed by atoms with Crippen LogP contribution in [-0.2, 0) is 0 Å². The molecule has 0 spiro atoms. The van der Waals surface area contributed by atoms with E-state index in [9.17, 15) is 14.7 Å². The molecule has 0 saturated carbocycles. The Morgan fingerprint density at radius 3 is 2.38 bits per heavy atom. The van der Waals surface area contributed by atoms with Crippen LogP contribution in [0.1, 0.15) is 31.2 Å². The second-order valence-corrected chi connectivity index (χ2v) is 6.82. The molecular weight excluding hydrogens is 350 g/mol. The quantitative estimate of drug-likeness (QED) is 0.657. The van der Waals surface area contributed by atoms with E-state index in [1.807, 2.05) is 44.2 Å². The molecule has 0 aliphatic rings. The fourth-order valence-electron chi connectivity index (χ4n) is 2.31. The number of amides is 1. The minimum atomic E-state index is -1.07. The maximum atomic E-state index is 12.5. The maximum Gasteiger partial charge on any atom is 0.346 e. The molecule has 3 aromatic rings. The van der Waals surface area contributed by atoms with Gasteiger partial charge < -0.3 is 15.2 Å². The van der Waals surface area contributed by atoms with Crippen LogP contribution in [0.25, 0.3) is 0 Å². The molecule has 5 nitrogen and oxygen atoms in total. The van der Waals surface area contributed by atoms with E-state index in [2.05, 4.69) is 5.32 Å². The lowest BCUT2D eigenvalue weighted by molar-refractivity contribution is 0.0702. The van der Waals surface area contributed by atoms with Crippen LogP contribution in [0.2, 0.25) is 0 Å². The van der Waals surface area contributed by atoms with Crippen molar-refractivity contribution in [3.05, 3.63) is 76.2 Å². The number of carbonyl (C=O) groups excluding carboxylic acids is 1. The summed E-state index contributed by atoms with van der Waals surface area (Å²) in [7, 11) is 0. The normalized spacial score (nSPS) is 10.4. The standard InChI is InChI=1S/C20H17NO4S/c1-12-7-9-14(10-8-12)18(22)21-15-11-17(19(23)24)26-20(15)25-16-6-4-3-5-13(16)2/h3-11H,1-2H3,(H,21,22)(H,23,24). The van der Waals surface area contributed by atoms with Gasteiger partial charge in [-0.2, -0.15) is 0 Å². The first kappa shape index (κ1) is 17.7. The van der Waals surface area contributed by atoms with Gasteiger partial charge >= 0.3 is 5.97 Å². The van der Waals surface area contributed by atoms with Crippen molar-refractivity contribution in [2.45, 2.75) is 13.8 Å². The highest BCUT2D eigenvalue weighted by Crippen LogP contribution is 2.39. The van der Waals surface area contributed by atoms with Crippen LogP contribution in [0.3, 0.4) is 0 Å². The average Bonchev–Trinajstić information content (AvgIpc) is 3.00. The smallest absolute Gasteiger partial charge is 0.346 e. The molecule has 0 unspecified atom stereocenters. The van der Waals surface area contributed by atoms with Crippen molar-refractivity contribution >= 4 is 28.9 Å². The minimum Gasteiger partial charge on any atom is -0.477 e. The molecular formula is C20H17NO4S. The number of para-hydroxylation sites is 1. The van der Waals surface area contributed by atoms with E-state index in [4.69, 9.17) is 4.74 Å². The van der Waals surface area contributed by atoms with Crippen molar-refractivity contribution in [3.63, 3.8) is 0 Å². The summed E-state index contributed by atoms with van der Waals surface area (Å²) in [5.41, 5.74) is 2.78. The zero-order valence-corrected chi connectivity index (χ0v) is 15.1. The number of nitrogens with one attached hydrogen (secondary N) is 1. The molecule has 0 atom stereocenters. The number of rotatable bonds is 5. The molecule has 26 heavy (non-hydrogen) atoms. The van der Waals surface area contributed by atoms with Crippen molar-refractivity contribution in [1.82, 2.24) is 0 Å². The molecule has 1 amide bonds. The topological polar surface area (TPSA) is 75.6 Å². The fraction of sp³-hybridized carbons (Fsp3) is 0.100. The molecule has 132 valence electrons. The minimum absolute atomic E-state index is 0.0905. The third-order valence-corrected chi connectivity index (χ3v) is 4.77. The van der Waals surface area contributed by atoms with E-state index >= 15 is 0 Å². The molecule has 3 rings (SSSR count). The molecule has 2 aromatic carbocycles. The Balaban J connectivity index is 1.90. The molecule has 0 saturated heterocycles. The summed E-state index contributed by atoms with van der Waals surface area (Å²) < 4.78 is 5.87. The Bertz CT molecular complexity index is 960. The van der Waals surface area contributed by atoms with Crippen LogP contribution in [0.5, 0.6) is 10.8 Å². The lowest BCUT2D eigenvalue weighted by Gasteiger charge is -2.10. The number of hydrogen-bond acceptors (Lipinski definition) is 4. The molecule has 0 radical (unpaired) electrons. The molecule has 0 aliphatic carbocycles. The number of benzene rings is 2. The first-order valence-electron chi connectivity index (χ1n) is 7.92. The summed E-state index contributed by atoms with van der Waals surface area (Å²) in [6, 6.07) is 15.9. The van der Waals surface area contributed by atoms with Gasteiger partial charge in [-0.1, -0.05) is 47.2 Å². The van der Waals surface area contributed by atoms with Crippen molar-refractivity contribution in [2.75, 3.05) is 5.32 Å². The van der Waals surface area contributed by atoms with E-state index < -0.39 is 5.97 Å². The summed E-state index contributed by atoms with van der Waals surface area (Å²) in [6.45, 7) is 3.83. The van der Waals surface area contributed by atoms with Gasteiger partial charge in [-0.15, -0.1) is 0 Å². The zero-order chi connectivity index (χ0) is 18.7. The number of carboxylic acid groups (broad SMARTS) is 1. The molecule has 0 bridgehead atoms. The van der Waals surface area contributed by atoms with Gasteiger partial charge in [0.25, 0.3) is 5.91 Å². The Hall–Kier alpha value is -3.12. The van der Waals surface area contributed by atoms with Crippen LogP contribution in [0.15, 0.2) is 54.6 Å². The molecule has 1 heterocycles. The molecule has 6 heteroatoms. The SMILES string of the molecule is Cc1ccc(C(=O)Nc2cc(C(=O)O)sc2Oc2ccccc2C)cc1. The van der Waals surface area contributed by atoms with Crippen molar-refractivity contribution in [1.29, 1.82) is 0 Å². The van der Waals surface area contributed by atoms with Crippen LogP contribution in [-0.4, -0.2) is 17.0 Å². The summed E-state index contributed by atoms with van der Waals surface area (Å²) >= 11 is 0.974. The lowest BCUT2D eigenvalue weighted by atomic mass is 10.1. The van der Waals surface area contributed by atoms with Gasteiger partial charge in [0, 0.05) is 5.56 Å². The zero-order valence-electron chi connectivity index (χ0n) is 14.3. The van der Waals surface area contributed by atoms with Gasteiger partial charge in [0.1, 0.15) is 10.6 Å². The average molecular weight is 367 g/mol. The largest absolute Gasteiger partial charge is 0.477 e. The van der Waals surface area contributed by atoms with E-state index in [0.717, 1.165) is 22.5 Å². The summed E-state index contributed by atoms with van der Waals surface area (Å²) in [5, 5.41) is 12.3. The third kappa shape index (κ3) is 3.92. The molecule has 1 aromatic heterocycles. The predicted octanol–water partition coefficient (Wildman–Crippen LogP) is 5.11. The Kier molecular flexibility index (Phi) is 5.04. The van der Waals surface area contributed by atoms with Gasteiger partial charge in [0.05, 0.1) is 5.69 Å². The highest BCUT2D eigenvalue weighted by atomic mass is 32.1. The molecule has 2 N–H and O–H groups in total. The second kappa shape index (κ2) is 7.41. The summed E-state index contributed by atoms with van der Waals surface area (Å²) in [6.07, 6.45) is 0. The van der Waals surface area contributed by atoms with Crippen LogP contribution < -0.4 is 10.1 Å². The van der Waals surface area contributed by atoms with Crippen molar-refractivity contribution in [3.8, 4) is 10.8 Å². The van der Waals surface area contributed by atoms with Gasteiger partial charge in [0.15, 0.2) is 0 Å². The number of anilines is 1. The maximum absolute atomic E-state index is 12.5. The highest BCUT2D eigenvalue weighted by Gasteiger charge is 2.18. The van der Waals surface area contributed by atoms with E-state index in [0.29, 0.717) is 22.1 Å². The third-order valence-electron chi connectivity index (χ3n) is 3.77. The Labute approximate surface area is 154 Å². The van der Waals surface area contributed by atoms with E-state index in [1.54, 1.807) is 18.2 Å². The summed E-state index contributed by atoms with van der Waals surface area (Å²) in [4.78, 5) is 23.9. The van der Waals surface area contributed by atoms with Crippen LogP contribution in [0.4, 0.5) is 5.69 Å². The number of thiophene rings is 1. The highest BCUT2D eigenvalue weighted by molar-refractivity contribution is 7.16. The Morgan fingerprint density at radius 2 is 1.73 bits per heavy atom. The fourth-order valence-corrected chi connectivity index (χ4v) is 3.13. The predicted molar refractivity (Wildman–Crippen MR) is 102 cm³/mol.